The summed E-state index contributed by atoms with van der Waals surface area (Å²) in [6.07, 6.45) is -4.17. The Labute approximate surface area is 126 Å². The average Bonchev–Trinajstić information content (AvgIpc) is 2.34. The fourth-order valence-corrected chi connectivity index (χ4v) is 2.67. The molecule has 22 heavy (non-hydrogen) atoms. The average molecular weight is 338 g/mol. The lowest BCUT2D eigenvalue weighted by atomic mass is 10.1. The largest absolute Gasteiger partial charge is 0.417 e. The van der Waals surface area contributed by atoms with Crippen molar-refractivity contribution in [2.75, 3.05) is 0 Å². The Morgan fingerprint density at radius 1 is 1.23 bits per heavy atom. The van der Waals surface area contributed by atoms with Crippen LogP contribution in [-0.4, -0.2) is 30.1 Å². The molecule has 1 amide bonds. The van der Waals surface area contributed by atoms with Gasteiger partial charge in [0, 0.05) is 11.7 Å². The maximum Gasteiger partial charge on any atom is 0.417 e. The fraction of sp³-hybridized carbons (Fsp3) is 0.538. The molecule has 1 heterocycles. The van der Waals surface area contributed by atoms with Gasteiger partial charge >= 0.3 is 6.18 Å². The molecule has 1 aromatic rings. The third kappa shape index (κ3) is 4.43. The summed E-state index contributed by atoms with van der Waals surface area (Å²) in [4.78, 5) is 15.2. The quantitative estimate of drug-likeness (QED) is 0.916. The summed E-state index contributed by atoms with van der Waals surface area (Å²) in [5.74, 6) is -0.741. The number of nitrogens with one attached hydrogen (secondary N) is 1. The SMILES string of the molecule is C[C@H](C(=O)NC(C)(C)C)S(=O)(=O)c1ccc(C(F)(F)F)cn1. The molecule has 0 aliphatic heterocycles. The van der Waals surface area contributed by atoms with Gasteiger partial charge in [0.05, 0.1) is 5.56 Å². The topological polar surface area (TPSA) is 76.1 Å². The van der Waals surface area contributed by atoms with Crippen molar-refractivity contribution in [3.05, 3.63) is 23.9 Å². The number of rotatable bonds is 3. The molecular formula is C13H17F3N2O3S. The van der Waals surface area contributed by atoms with E-state index < -0.39 is 43.3 Å². The molecule has 124 valence electrons. The highest BCUT2D eigenvalue weighted by Crippen LogP contribution is 2.29. The van der Waals surface area contributed by atoms with Crippen molar-refractivity contribution in [2.45, 2.75) is 49.7 Å². The van der Waals surface area contributed by atoms with E-state index in [0.29, 0.717) is 12.3 Å². The molecule has 0 bridgehead atoms. The Bertz CT molecular complexity index is 647. The summed E-state index contributed by atoms with van der Waals surface area (Å²) in [5, 5.41) is 0.470. The normalized spacial score (nSPS) is 14.5. The standard InChI is InChI=1S/C13H17F3N2O3S/c1-8(11(19)18-12(2,3)4)22(20,21)10-6-5-9(7-17-10)13(14,15)16/h5-8H,1-4H3,(H,18,19)/t8-/m1/s1. The second-order valence-electron chi connectivity index (χ2n) is 5.81. The van der Waals surface area contributed by atoms with Gasteiger partial charge in [0.15, 0.2) is 5.03 Å². The van der Waals surface area contributed by atoms with Crippen LogP contribution in [0.2, 0.25) is 0 Å². The van der Waals surface area contributed by atoms with Crippen LogP contribution in [0.15, 0.2) is 23.4 Å². The number of hydrogen-bond donors (Lipinski definition) is 1. The zero-order valence-corrected chi connectivity index (χ0v) is 13.3. The Kier molecular flexibility index (Phi) is 4.91. The van der Waals surface area contributed by atoms with Crippen LogP contribution in [0.1, 0.15) is 33.3 Å². The predicted octanol–water partition coefficient (Wildman–Crippen LogP) is 2.18. The number of pyridine rings is 1. The van der Waals surface area contributed by atoms with E-state index in [2.05, 4.69) is 10.3 Å². The zero-order valence-electron chi connectivity index (χ0n) is 12.5. The summed E-state index contributed by atoms with van der Waals surface area (Å²) in [7, 11) is -4.16. The molecule has 0 saturated carbocycles. The van der Waals surface area contributed by atoms with E-state index in [0.717, 1.165) is 13.0 Å². The molecule has 1 aromatic heterocycles. The number of nitrogens with zero attached hydrogens (tertiary/aromatic N) is 1. The molecule has 5 nitrogen and oxygen atoms in total. The first kappa shape index (κ1) is 18.4. The minimum Gasteiger partial charge on any atom is -0.350 e. The van der Waals surface area contributed by atoms with Gasteiger partial charge in [-0.2, -0.15) is 13.2 Å². The van der Waals surface area contributed by atoms with E-state index in [1.165, 1.54) is 0 Å². The molecule has 1 atom stereocenters. The second-order valence-corrected chi connectivity index (χ2v) is 8.02. The van der Waals surface area contributed by atoms with Crippen molar-refractivity contribution < 1.29 is 26.4 Å². The maximum absolute atomic E-state index is 12.4. The van der Waals surface area contributed by atoms with Gasteiger partial charge in [-0.1, -0.05) is 0 Å². The summed E-state index contributed by atoms with van der Waals surface area (Å²) < 4.78 is 61.7. The van der Waals surface area contributed by atoms with Gasteiger partial charge < -0.3 is 5.32 Å². The number of sulfone groups is 1. The summed E-state index contributed by atoms with van der Waals surface area (Å²) in [5.41, 5.74) is -1.69. The Hall–Kier alpha value is -1.64. The second kappa shape index (κ2) is 5.86. The number of halogens is 3. The van der Waals surface area contributed by atoms with Crippen LogP contribution in [-0.2, 0) is 20.8 Å². The van der Waals surface area contributed by atoms with Gasteiger partial charge in [-0.15, -0.1) is 0 Å². The number of carbonyl (C=O) groups is 1. The third-order valence-electron chi connectivity index (χ3n) is 2.69. The van der Waals surface area contributed by atoms with Gasteiger partial charge in [-0.05, 0) is 39.8 Å². The highest BCUT2D eigenvalue weighted by atomic mass is 32.2. The molecule has 1 rings (SSSR count). The first-order chi connectivity index (χ1) is 9.75. The van der Waals surface area contributed by atoms with Crippen LogP contribution >= 0.6 is 0 Å². The summed E-state index contributed by atoms with van der Waals surface area (Å²) in [6.45, 7) is 6.21. The van der Waals surface area contributed by atoms with Gasteiger partial charge in [0.25, 0.3) is 0 Å². The van der Waals surface area contributed by atoms with Crippen molar-refractivity contribution in [1.29, 1.82) is 0 Å². The van der Waals surface area contributed by atoms with E-state index in [4.69, 9.17) is 0 Å². The van der Waals surface area contributed by atoms with E-state index in [1.807, 2.05) is 0 Å². The van der Waals surface area contributed by atoms with Crippen LogP contribution < -0.4 is 5.32 Å². The van der Waals surface area contributed by atoms with Crippen LogP contribution in [0.4, 0.5) is 13.2 Å². The molecule has 0 aromatic carbocycles. The van der Waals surface area contributed by atoms with Crippen molar-refractivity contribution in [3.63, 3.8) is 0 Å². The molecule has 9 heteroatoms. The number of amides is 1. The number of hydrogen-bond acceptors (Lipinski definition) is 4. The smallest absolute Gasteiger partial charge is 0.350 e. The third-order valence-corrected chi connectivity index (χ3v) is 4.66. The molecule has 0 radical (unpaired) electrons. The minimum absolute atomic E-state index is 0.432. The highest BCUT2D eigenvalue weighted by Gasteiger charge is 2.35. The van der Waals surface area contributed by atoms with Crippen LogP contribution in [0.25, 0.3) is 0 Å². The van der Waals surface area contributed by atoms with Gasteiger partial charge in [0.1, 0.15) is 5.25 Å². The van der Waals surface area contributed by atoms with Gasteiger partial charge in [0.2, 0.25) is 15.7 Å². The van der Waals surface area contributed by atoms with Crippen molar-refractivity contribution in [2.24, 2.45) is 0 Å². The predicted molar refractivity (Wildman–Crippen MR) is 73.8 cm³/mol. The van der Waals surface area contributed by atoms with E-state index >= 15 is 0 Å². The van der Waals surface area contributed by atoms with E-state index in [1.54, 1.807) is 20.8 Å². The number of aromatic nitrogens is 1. The number of carbonyl (C=O) groups excluding carboxylic acids is 1. The van der Waals surface area contributed by atoms with Crippen molar-refractivity contribution in [3.8, 4) is 0 Å². The lowest BCUT2D eigenvalue weighted by Crippen LogP contribution is -2.47. The number of alkyl halides is 3. The molecular weight excluding hydrogens is 321 g/mol. The summed E-state index contributed by atoms with van der Waals surface area (Å²) in [6, 6.07) is 1.37. The van der Waals surface area contributed by atoms with E-state index in [9.17, 15) is 26.4 Å². The lowest BCUT2D eigenvalue weighted by Gasteiger charge is -2.23. The fourth-order valence-electron chi connectivity index (χ4n) is 1.51. The maximum atomic E-state index is 12.4. The van der Waals surface area contributed by atoms with Crippen LogP contribution in [0.3, 0.4) is 0 Å². The monoisotopic (exact) mass is 338 g/mol. The first-order valence-corrected chi connectivity index (χ1v) is 7.89. The first-order valence-electron chi connectivity index (χ1n) is 6.34. The molecule has 0 saturated heterocycles. The zero-order chi connectivity index (χ0) is 17.3. The van der Waals surface area contributed by atoms with Crippen LogP contribution in [0.5, 0.6) is 0 Å². The van der Waals surface area contributed by atoms with Gasteiger partial charge in [-0.25, -0.2) is 13.4 Å². The molecule has 1 N–H and O–H groups in total. The summed E-state index contributed by atoms with van der Waals surface area (Å²) >= 11 is 0. The van der Waals surface area contributed by atoms with Gasteiger partial charge in [-0.3, -0.25) is 4.79 Å². The Morgan fingerprint density at radius 2 is 1.77 bits per heavy atom. The molecule has 0 unspecified atom stereocenters. The molecule has 0 aliphatic carbocycles. The highest BCUT2D eigenvalue weighted by molar-refractivity contribution is 7.92. The van der Waals surface area contributed by atoms with Crippen LogP contribution in [0, 0.1) is 0 Å². The van der Waals surface area contributed by atoms with Crippen molar-refractivity contribution >= 4 is 15.7 Å². The molecule has 0 fully saturated rings. The van der Waals surface area contributed by atoms with E-state index in [-0.39, 0.29) is 0 Å². The lowest BCUT2D eigenvalue weighted by molar-refractivity contribution is -0.137. The van der Waals surface area contributed by atoms with Crippen molar-refractivity contribution in [1.82, 2.24) is 10.3 Å². The molecule has 0 spiro atoms. The Morgan fingerprint density at radius 3 is 2.14 bits per heavy atom. The molecule has 0 aliphatic rings. The Balaban J connectivity index is 3.06. The minimum atomic E-state index is -4.61.